The molecule has 23 heavy (non-hydrogen) atoms. The van der Waals surface area contributed by atoms with E-state index in [0.717, 1.165) is 9.37 Å². The van der Waals surface area contributed by atoms with E-state index in [0.29, 0.717) is 16.9 Å². The molecular weight excluding hydrogens is 362 g/mol. The summed E-state index contributed by atoms with van der Waals surface area (Å²) in [5, 5.41) is 10.1. The van der Waals surface area contributed by atoms with Crippen molar-refractivity contribution in [2.24, 2.45) is 0 Å². The number of halogens is 1. The van der Waals surface area contributed by atoms with Crippen molar-refractivity contribution < 1.29 is 19.4 Å². The fourth-order valence-corrected chi connectivity index (χ4v) is 2.66. The molecule has 118 valence electrons. The molecule has 1 atom stereocenters. The topological polar surface area (TPSA) is 66.8 Å². The van der Waals surface area contributed by atoms with Gasteiger partial charge in [0, 0.05) is 4.47 Å². The van der Waals surface area contributed by atoms with Crippen LogP contribution in [0, 0.1) is 0 Å². The van der Waals surface area contributed by atoms with Gasteiger partial charge in [-0.3, -0.25) is 14.5 Å². The number of amides is 2. The van der Waals surface area contributed by atoms with E-state index >= 15 is 0 Å². The summed E-state index contributed by atoms with van der Waals surface area (Å²) in [6.45, 7) is -0.0993. The van der Waals surface area contributed by atoms with Gasteiger partial charge in [0.1, 0.15) is 18.5 Å². The predicted molar refractivity (Wildman–Crippen MR) is 87.5 cm³/mol. The molecule has 1 aliphatic rings. The number of aliphatic hydroxyl groups excluding tert-OH is 1. The number of hydrogen-bond donors (Lipinski definition) is 1. The van der Waals surface area contributed by atoms with Crippen molar-refractivity contribution in [3.63, 3.8) is 0 Å². The molecular formula is C17H14BrNO4. The van der Waals surface area contributed by atoms with Crippen LogP contribution in [0.15, 0.2) is 53.0 Å². The quantitative estimate of drug-likeness (QED) is 0.815. The number of rotatable bonds is 5. The van der Waals surface area contributed by atoms with Gasteiger partial charge in [-0.05, 0) is 36.4 Å². The van der Waals surface area contributed by atoms with Crippen LogP contribution >= 0.6 is 15.9 Å². The average molecular weight is 376 g/mol. The van der Waals surface area contributed by atoms with Crippen LogP contribution in [0.25, 0.3) is 0 Å². The van der Waals surface area contributed by atoms with Crippen LogP contribution in [0.2, 0.25) is 0 Å². The van der Waals surface area contributed by atoms with Crippen LogP contribution in [0.1, 0.15) is 20.7 Å². The van der Waals surface area contributed by atoms with E-state index in [2.05, 4.69) is 15.9 Å². The van der Waals surface area contributed by atoms with Gasteiger partial charge in [-0.1, -0.05) is 28.1 Å². The van der Waals surface area contributed by atoms with Crippen LogP contribution in [0.3, 0.4) is 0 Å². The van der Waals surface area contributed by atoms with Gasteiger partial charge in [0.05, 0.1) is 17.7 Å². The fraction of sp³-hybridized carbons (Fsp3) is 0.176. The van der Waals surface area contributed by atoms with Crippen LogP contribution in [-0.2, 0) is 0 Å². The Kier molecular flexibility index (Phi) is 4.45. The SMILES string of the molecule is O=C1c2ccccc2C(=O)N1C[C@@H](O)COc1ccc(Br)cc1. The number of carbonyl (C=O) groups excluding carboxylic acids is 2. The molecule has 0 saturated carbocycles. The summed E-state index contributed by atoms with van der Waals surface area (Å²) in [6, 6.07) is 13.8. The number of aliphatic hydroxyl groups is 1. The third-order valence-corrected chi connectivity index (χ3v) is 4.06. The zero-order valence-electron chi connectivity index (χ0n) is 12.1. The van der Waals surface area contributed by atoms with Gasteiger partial charge in [-0.2, -0.15) is 0 Å². The Morgan fingerprint density at radius 3 is 2.13 bits per heavy atom. The number of carbonyl (C=O) groups is 2. The molecule has 2 aromatic rings. The normalized spacial score (nSPS) is 14.8. The van der Waals surface area contributed by atoms with Gasteiger partial charge in [-0.25, -0.2) is 0 Å². The lowest BCUT2D eigenvalue weighted by molar-refractivity contribution is 0.0457. The van der Waals surface area contributed by atoms with Gasteiger partial charge in [-0.15, -0.1) is 0 Å². The van der Waals surface area contributed by atoms with Gasteiger partial charge >= 0.3 is 0 Å². The molecule has 0 bridgehead atoms. The number of β-amino-alcohol motifs (C(OH)–C–C–N with tert-alkyl or cyclic N) is 1. The maximum Gasteiger partial charge on any atom is 0.261 e. The van der Waals surface area contributed by atoms with E-state index in [4.69, 9.17) is 4.74 Å². The van der Waals surface area contributed by atoms with Crippen molar-refractivity contribution >= 4 is 27.7 Å². The zero-order valence-corrected chi connectivity index (χ0v) is 13.7. The second-order valence-electron chi connectivity index (χ2n) is 5.19. The molecule has 1 N–H and O–H groups in total. The highest BCUT2D eigenvalue weighted by molar-refractivity contribution is 9.10. The first-order valence-corrected chi connectivity index (χ1v) is 7.87. The second-order valence-corrected chi connectivity index (χ2v) is 6.10. The Bertz CT molecular complexity index is 710. The highest BCUT2D eigenvalue weighted by atomic mass is 79.9. The van der Waals surface area contributed by atoms with E-state index in [1.165, 1.54) is 0 Å². The zero-order chi connectivity index (χ0) is 16.4. The van der Waals surface area contributed by atoms with E-state index in [-0.39, 0.29) is 25.0 Å². The lowest BCUT2D eigenvalue weighted by Crippen LogP contribution is -2.39. The number of ether oxygens (including phenoxy) is 1. The maximum absolute atomic E-state index is 12.2. The third kappa shape index (κ3) is 3.28. The Balaban J connectivity index is 1.60. The first-order chi connectivity index (χ1) is 11.1. The van der Waals surface area contributed by atoms with Crippen molar-refractivity contribution in [1.29, 1.82) is 0 Å². The molecule has 0 saturated heterocycles. The second kappa shape index (κ2) is 6.52. The molecule has 3 rings (SSSR count). The van der Waals surface area contributed by atoms with E-state index in [1.54, 1.807) is 36.4 Å². The molecule has 0 aromatic heterocycles. The van der Waals surface area contributed by atoms with Crippen molar-refractivity contribution in [2.45, 2.75) is 6.10 Å². The Labute approximate surface area is 141 Å². The minimum atomic E-state index is -0.958. The number of imide groups is 1. The van der Waals surface area contributed by atoms with Crippen LogP contribution < -0.4 is 4.74 Å². The van der Waals surface area contributed by atoms with Crippen molar-refractivity contribution in [3.8, 4) is 5.75 Å². The monoisotopic (exact) mass is 375 g/mol. The van der Waals surface area contributed by atoms with Crippen LogP contribution in [0.5, 0.6) is 5.75 Å². The van der Waals surface area contributed by atoms with Crippen molar-refractivity contribution in [2.75, 3.05) is 13.2 Å². The minimum absolute atomic E-state index is 0.00492. The van der Waals surface area contributed by atoms with Gasteiger partial charge < -0.3 is 9.84 Å². The van der Waals surface area contributed by atoms with Crippen molar-refractivity contribution in [1.82, 2.24) is 4.90 Å². The van der Waals surface area contributed by atoms with Gasteiger partial charge in [0.25, 0.3) is 11.8 Å². The maximum atomic E-state index is 12.2. The Hall–Kier alpha value is -2.18. The Morgan fingerprint density at radius 1 is 1.00 bits per heavy atom. The molecule has 5 nitrogen and oxygen atoms in total. The van der Waals surface area contributed by atoms with Crippen LogP contribution in [-0.4, -0.2) is 41.1 Å². The molecule has 2 aromatic carbocycles. The van der Waals surface area contributed by atoms with E-state index in [9.17, 15) is 14.7 Å². The first-order valence-electron chi connectivity index (χ1n) is 7.08. The number of hydrogen-bond acceptors (Lipinski definition) is 4. The summed E-state index contributed by atoms with van der Waals surface area (Å²) < 4.78 is 6.39. The number of benzene rings is 2. The lowest BCUT2D eigenvalue weighted by Gasteiger charge is -2.18. The van der Waals surface area contributed by atoms with E-state index < -0.39 is 6.10 Å². The first kappa shape index (κ1) is 15.7. The van der Waals surface area contributed by atoms with Crippen molar-refractivity contribution in [3.05, 3.63) is 64.1 Å². The average Bonchev–Trinajstić information content (AvgIpc) is 2.80. The fourth-order valence-electron chi connectivity index (χ4n) is 2.39. The Morgan fingerprint density at radius 2 is 1.57 bits per heavy atom. The standard InChI is InChI=1S/C17H14BrNO4/c18-11-5-7-13(8-6-11)23-10-12(20)9-19-16(21)14-3-1-2-4-15(14)17(19)22/h1-8,12,20H,9-10H2/t12-/m1/s1. The molecule has 0 unspecified atom stereocenters. The summed E-state index contributed by atoms with van der Waals surface area (Å²) >= 11 is 3.32. The van der Waals surface area contributed by atoms with E-state index in [1.807, 2.05) is 12.1 Å². The summed E-state index contributed by atoms with van der Waals surface area (Å²) in [5.41, 5.74) is 0.747. The summed E-state index contributed by atoms with van der Waals surface area (Å²) in [7, 11) is 0. The number of fused-ring (bicyclic) bond motifs is 1. The van der Waals surface area contributed by atoms with Crippen LogP contribution in [0.4, 0.5) is 0 Å². The van der Waals surface area contributed by atoms with Gasteiger partial charge in [0.15, 0.2) is 0 Å². The largest absolute Gasteiger partial charge is 0.491 e. The minimum Gasteiger partial charge on any atom is -0.491 e. The predicted octanol–water partition coefficient (Wildman–Crippen LogP) is 2.49. The smallest absolute Gasteiger partial charge is 0.261 e. The molecule has 0 spiro atoms. The molecule has 2 amide bonds. The molecule has 1 aliphatic heterocycles. The number of nitrogens with zero attached hydrogens (tertiary/aromatic N) is 1. The molecule has 0 aliphatic carbocycles. The molecule has 0 radical (unpaired) electrons. The lowest BCUT2D eigenvalue weighted by atomic mass is 10.1. The summed E-state index contributed by atoms with van der Waals surface area (Å²) in [5.74, 6) is -0.156. The third-order valence-electron chi connectivity index (χ3n) is 3.53. The molecule has 1 heterocycles. The van der Waals surface area contributed by atoms with Gasteiger partial charge in [0.2, 0.25) is 0 Å². The molecule has 0 fully saturated rings. The summed E-state index contributed by atoms with van der Waals surface area (Å²) in [6.07, 6.45) is -0.958. The highest BCUT2D eigenvalue weighted by Gasteiger charge is 2.36. The molecule has 6 heteroatoms. The highest BCUT2D eigenvalue weighted by Crippen LogP contribution is 2.22. The summed E-state index contributed by atoms with van der Waals surface area (Å²) in [4.78, 5) is 25.5.